The monoisotopic (exact) mass is 360 g/mol. The molecule has 1 unspecified atom stereocenters. The number of ether oxygens (including phenoxy) is 1. The lowest BCUT2D eigenvalue weighted by molar-refractivity contribution is -0.131. The van der Waals surface area contributed by atoms with Crippen LogP contribution < -0.4 is 10.6 Å². The second-order valence-corrected chi connectivity index (χ2v) is 7.03. The summed E-state index contributed by atoms with van der Waals surface area (Å²) < 4.78 is 5.70. The van der Waals surface area contributed by atoms with Crippen LogP contribution in [0.2, 0.25) is 0 Å². The lowest BCUT2D eigenvalue weighted by atomic mass is 10.0. The van der Waals surface area contributed by atoms with Gasteiger partial charge in [-0.3, -0.25) is 10.1 Å². The molecule has 0 saturated carbocycles. The van der Waals surface area contributed by atoms with Crippen molar-refractivity contribution in [2.24, 2.45) is 0 Å². The molecule has 2 heterocycles. The maximum absolute atomic E-state index is 12.5. The van der Waals surface area contributed by atoms with Gasteiger partial charge in [0, 0.05) is 32.2 Å². The van der Waals surface area contributed by atoms with E-state index in [1.807, 2.05) is 26.1 Å². The summed E-state index contributed by atoms with van der Waals surface area (Å²) in [6.45, 7) is 4.61. The van der Waals surface area contributed by atoms with Crippen LogP contribution in [0.3, 0.4) is 0 Å². The lowest BCUT2D eigenvalue weighted by Gasteiger charge is -2.29. The van der Waals surface area contributed by atoms with Crippen molar-refractivity contribution < 1.29 is 14.3 Å². The molecule has 7 nitrogen and oxygen atoms in total. The van der Waals surface area contributed by atoms with Gasteiger partial charge in [-0.05, 0) is 31.5 Å². The van der Waals surface area contributed by atoms with Crippen LogP contribution in [0.4, 0.5) is 4.79 Å². The molecular weight excluding hydrogens is 332 g/mol. The summed E-state index contributed by atoms with van der Waals surface area (Å²) >= 11 is 0. The molecule has 1 saturated heterocycles. The van der Waals surface area contributed by atoms with Crippen molar-refractivity contribution in [2.75, 3.05) is 33.4 Å². The van der Waals surface area contributed by atoms with Crippen molar-refractivity contribution in [3.8, 4) is 0 Å². The quantitative estimate of drug-likeness (QED) is 0.604. The van der Waals surface area contributed by atoms with Crippen molar-refractivity contribution in [3.05, 3.63) is 35.4 Å². The Morgan fingerprint density at radius 3 is 2.81 bits per heavy atom. The number of rotatable bonds is 5. The smallest absolute Gasteiger partial charge is 0.410 e. The van der Waals surface area contributed by atoms with Crippen molar-refractivity contribution in [1.82, 2.24) is 20.4 Å². The Bertz CT molecular complexity index is 651. The molecule has 2 atom stereocenters. The summed E-state index contributed by atoms with van der Waals surface area (Å²) in [6.07, 6.45) is 1.03. The molecule has 2 amide bonds. The molecule has 142 valence electrons. The van der Waals surface area contributed by atoms with Gasteiger partial charge in [-0.25, -0.2) is 4.79 Å². The number of carbonyl (C=O) groups is 2. The highest BCUT2D eigenvalue weighted by Crippen LogP contribution is 2.23. The van der Waals surface area contributed by atoms with Crippen LogP contribution in [0.25, 0.3) is 0 Å². The normalized spacial score (nSPS) is 22.2. The summed E-state index contributed by atoms with van der Waals surface area (Å²) in [5.41, 5.74) is 2.49. The van der Waals surface area contributed by atoms with E-state index in [2.05, 4.69) is 22.8 Å². The number of fused-ring (bicyclic) bond motifs is 1. The van der Waals surface area contributed by atoms with Gasteiger partial charge in [0.1, 0.15) is 6.10 Å². The molecule has 2 aliphatic heterocycles. The number of nitrogens with zero attached hydrogens (tertiary/aromatic N) is 2. The van der Waals surface area contributed by atoms with E-state index in [9.17, 15) is 9.59 Å². The van der Waals surface area contributed by atoms with Gasteiger partial charge in [0.15, 0.2) is 0 Å². The van der Waals surface area contributed by atoms with Gasteiger partial charge >= 0.3 is 6.09 Å². The minimum atomic E-state index is -0.278. The summed E-state index contributed by atoms with van der Waals surface area (Å²) in [7, 11) is 1.82. The Morgan fingerprint density at radius 2 is 2.04 bits per heavy atom. The van der Waals surface area contributed by atoms with Crippen LogP contribution in [0, 0.1) is 0 Å². The highest BCUT2D eigenvalue weighted by Gasteiger charge is 2.35. The van der Waals surface area contributed by atoms with E-state index >= 15 is 0 Å². The average molecular weight is 360 g/mol. The van der Waals surface area contributed by atoms with Gasteiger partial charge in [0.05, 0.1) is 13.1 Å². The first-order valence-electron chi connectivity index (χ1n) is 9.25. The Kier molecular flexibility index (Phi) is 6.11. The summed E-state index contributed by atoms with van der Waals surface area (Å²) in [5, 5.41) is 5.98. The highest BCUT2D eigenvalue weighted by molar-refractivity contribution is 5.79. The predicted molar refractivity (Wildman–Crippen MR) is 98.5 cm³/mol. The van der Waals surface area contributed by atoms with Gasteiger partial charge in [-0.15, -0.1) is 0 Å². The molecule has 0 spiro atoms. The zero-order chi connectivity index (χ0) is 18.5. The van der Waals surface area contributed by atoms with E-state index in [0.29, 0.717) is 32.7 Å². The maximum atomic E-state index is 12.5. The Morgan fingerprint density at radius 1 is 1.27 bits per heavy atom. The standard InChI is InChI=1S/C19H28N4O3/c1-14-9-17(12-23(14)18(24)10-21-13-20-2)26-19(25)22-8-7-15-5-3-4-6-16(15)11-22/h3-6,14,17,20-21H,7-13H2,1-2H3/t14?,17-/m1/s1. The summed E-state index contributed by atoms with van der Waals surface area (Å²) in [5.74, 6) is 0.0400. The van der Waals surface area contributed by atoms with Crippen molar-refractivity contribution in [2.45, 2.75) is 38.5 Å². The third kappa shape index (κ3) is 4.34. The Hall–Kier alpha value is -2.12. The number of hydrogen-bond donors (Lipinski definition) is 2. The average Bonchev–Trinajstić information content (AvgIpc) is 3.01. The second kappa shape index (κ2) is 8.51. The van der Waals surface area contributed by atoms with E-state index in [-0.39, 0.29) is 30.7 Å². The van der Waals surface area contributed by atoms with Crippen LogP contribution in [0.1, 0.15) is 24.5 Å². The third-order valence-electron chi connectivity index (χ3n) is 5.09. The molecule has 0 radical (unpaired) electrons. The van der Waals surface area contributed by atoms with Crippen molar-refractivity contribution >= 4 is 12.0 Å². The Balaban J connectivity index is 1.50. The fourth-order valence-corrected chi connectivity index (χ4v) is 3.68. The fraction of sp³-hybridized carbons (Fsp3) is 0.579. The third-order valence-corrected chi connectivity index (χ3v) is 5.09. The van der Waals surface area contributed by atoms with Crippen LogP contribution in [0.5, 0.6) is 0 Å². The minimum Gasteiger partial charge on any atom is -0.444 e. The molecule has 2 N–H and O–H groups in total. The van der Waals surface area contributed by atoms with Crippen molar-refractivity contribution in [3.63, 3.8) is 0 Å². The van der Waals surface area contributed by atoms with Crippen LogP contribution in [-0.4, -0.2) is 67.3 Å². The molecule has 26 heavy (non-hydrogen) atoms. The van der Waals surface area contributed by atoms with Crippen molar-refractivity contribution in [1.29, 1.82) is 0 Å². The molecule has 1 fully saturated rings. The van der Waals surface area contributed by atoms with Gasteiger partial charge in [-0.1, -0.05) is 24.3 Å². The zero-order valence-corrected chi connectivity index (χ0v) is 15.5. The molecule has 2 aliphatic rings. The van der Waals surface area contributed by atoms with Gasteiger partial charge in [0.25, 0.3) is 0 Å². The first-order chi connectivity index (χ1) is 12.6. The van der Waals surface area contributed by atoms with Gasteiger partial charge in [0.2, 0.25) is 5.91 Å². The number of hydrogen-bond acceptors (Lipinski definition) is 5. The number of nitrogens with one attached hydrogen (secondary N) is 2. The topological polar surface area (TPSA) is 73.9 Å². The van der Waals surface area contributed by atoms with E-state index in [1.165, 1.54) is 11.1 Å². The molecular formula is C19H28N4O3. The van der Waals surface area contributed by atoms with Crippen LogP contribution in [0.15, 0.2) is 24.3 Å². The summed E-state index contributed by atoms with van der Waals surface area (Å²) in [6, 6.07) is 8.29. The SMILES string of the molecule is CNCNCC(=O)N1C[C@H](OC(=O)N2CCc3ccccc3C2)CC1C. The second-order valence-electron chi connectivity index (χ2n) is 7.03. The number of benzene rings is 1. The molecule has 7 heteroatoms. The van der Waals surface area contributed by atoms with E-state index in [4.69, 9.17) is 4.74 Å². The zero-order valence-electron chi connectivity index (χ0n) is 15.5. The molecule has 1 aromatic carbocycles. The van der Waals surface area contributed by atoms with Gasteiger partial charge < -0.3 is 19.9 Å². The Labute approximate surface area is 154 Å². The molecule has 1 aromatic rings. The van der Waals surface area contributed by atoms with E-state index < -0.39 is 0 Å². The fourth-order valence-electron chi connectivity index (χ4n) is 3.68. The maximum Gasteiger partial charge on any atom is 0.410 e. The number of amides is 2. The van der Waals surface area contributed by atoms with Crippen LogP contribution in [-0.2, 0) is 22.5 Å². The molecule has 3 rings (SSSR count). The first kappa shape index (κ1) is 18.7. The number of likely N-dealkylation sites (tertiary alicyclic amines) is 1. The van der Waals surface area contributed by atoms with E-state index in [0.717, 1.165) is 6.42 Å². The first-order valence-corrected chi connectivity index (χ1v) is 9.25. The molecule has 0 bridgehead atoms. The number of carbonyl (C=O) groups excluding carboxylic acids is 2. The van der Waals surface area contributed by atoms with Gasteiger partial charge in [-0.2, -0.15) is 0 Å². The lowest BCUT2D eigenvalue weighted by Crippen LogP contribution is -2.42. The van der Waals surface area contributed by atoms with Crippen LogP contribution >= 0.6 is 0 Å². The summed E-state index contributed by atoms with van der Waals surface area (Å²) in [4.78, 5) is 28.4. The van der Waals surface area contributed by atoms with E-state index in [1.54, 1.807) is 9.80 Å². The molecule has 0 aromatic heterocycles. The largest absolute Gasteiger partial charge is 0.444 e. The minimum absolute atomic E-state index is 0.0400. The predicted octanol–water partition coefficient (Wildman–Crippen LogP) is 0.937. The molecule has 0 aliphatic carbocycles. The highest BCUT2D eigenvalue weighted by atomic mass is 16.6.